The quantitative estimate of drug-likeness (QED) is 0.202. The van der Waals surface area contributed by atoms with Crippen molar-refractivity contribution in [1.29, 1.82) is 0 Å². The number of ether oxygens (including phenoxy) is 5. The number of hydrogen-bond donors (Lipinski definition) is 0. The Hall–Kier alpha value is -3.97. The molecule has 40 heavy (non-hydrogen) atoms. The van der Waals surface area contributed by atoms with Crippen LogP contribution in [-0.4, -0.2) is 27.1 Å². The number of methoxy groups -OCH3 is 1. The van der Waals surface area contributed by atoms with Crippen LogP contribution in [0.15, 0.2) is 79.0 Å². The fourth-order valence-electron chi connectivity index (χ4n) is 5.53. The average Bonchev–Trinajstić information content (AvgIpc) is 3.44. The van der Waals surface area contributed by atoms with Gasteiger partial charge < -0.3 is 40.7 Å². The lowest BCUT2D eigenvalue weighted by Crippen LogP contribution is -3.00. The van der Waals surface area contributed by atoms with E-state index in [1.165, 1.54) is 27.6 Å². The molecule has 0 saturated carbocycles. The smallest absolute Gasteiger partial charge is 0.231 e. The fraction of sp³-hybridized carbons (Fsp3) is 0.242. The first-order valence-electron chi connectivity index (χ1n) is 13.5. The van der Waals surface area contributed by atoms with Crippen molar-refractivity contribution in [1.82, 2.24) is 0 Å². The van der Waals surface area contributed by atoms with E-state index in [1.807, 2.05) is 18.2 Å². The Balaban J connectivity index is 0.00000289. The Morgan fingerprint density at radius 2 is 1.57 bits per heavy atom. The van der Waals surface area contributed by atoms with Crippen LogP contribution in [0.5, 0.6) is 28.7 Å². The van der Waals surface area contributed by atoms with Gasteiger partial charge in [0, 0.05) is 12.5 Å². The molecule has 0 unspecified atom stereocenters. The molecule has 7 heteroatoms. The summed E-state index contributed by atoms with van der Waals surface area (Å²) >= 11 is 0. The van der Waals surface area contributed by atoms with Gasteiger partial charge in [-0.2, -0.15) is 4.57 Å². The number of rotatable bonds is 8. The monoisotopic (exact) mass is 599 g/mol. The minimum absolute atomic E-state index is 0. The average molecular weight is 601 g/mol. The molecule has 5 aromatic rings. The van der Waals surface area contributed by atoms with Gasteiger partial charge in [0.2, 0.25) is 12.5 Å². The molecule has 3 heterocycles. The molecule has 1 aromatic heterocycles. The SMILES string of the molecule is COc1ccc2cc3[n+](cc2c1OCCCCOc1ccc2ccccc2c1)CCc1cc2c(cc1-3)OCO2.[Br-]. The maximum Gasteiger partial charge on any atom is 0.231 e. The van der Waals surface area contributed by atoms with Gasteiger partial charge in [0.1, 0.15) is 5.75 Å². The highest BCUT2D eigenvalue weighted by Crippen LogP contribution is 2.41. The zero-order valence-corrected chi connectivity index (χ0v) is 23.9. The van der Waals surface area contributed by atoms with Crippen LogP contribution in [0.3, 0.4) is 0 Å². The van der Waals surface area contributed by atoms with E-state index in [9.17, 15) is 0 Å². The largest absolute Gasteiger partial charge is 1.00 e. The van der Waals surface area contributed by atoms with Gasteiger partial charge in [0.15, 0.2) is 35.7 Å². The van der Waals surface area contributed by atoms with Gasteiger partial charge in [-0.1, -0.05) is 30.3 Å². The molecule has 7 rings (SSSR count). The maximum absolute atomic E-state index is 6.34. The number of unbranched alkanes of at least 4 members (excludes halogenated alkanes) is 1. The lowest BCUT2D eigenvalue weighted by atomic mass is 9.95. The lowest BCUT2D eigenvalue weighted by molar-refractivity contribution is -0.686. The number of halogens is 1. The van der Waals surface area contributed by atoms with E-state index in [4.69, 9.17) is 23.7 Å². The van der Waals surface area contributed by atoms with E-state index in [0.29, 0.717) is 13.2 Å². The van der Waals surface area contributed by atoms with E-state index in [-0.39, 0.29) is 23.8 Å². The zero-order valence-electron chi connectivity index (χ0n) is 22.3. The first kappa shape index (κ1) is 26.3. The summed E-state index contributed by atoms with van der Waals surface area (Å²) in [6.07, 6.45) is 4.91. The number of pyridine rings is 1. The summed E-state index contributed by atoms with van der Waals surface area (Å²) in [5.41, 5.74) is 3.65. The first-order valence-corrected chi connectivity index (χ1v) is 13.5. The van der Waals surface area contributed by atoms with Crippen LogP contribution >= 0.6 is 0 Å². The topological polar surface area (TPSA) is 50.0 Å². The van der Waals surface area contributed by atoms with Crippen molar-refractivity contribution >= 4 is 21.5 Å². The van der Waals surface area contributed by atoms with Crippen molar-refractivity contribution in [3.63, 3.8) is 0 Å². The number of nitrogens with zero attached hydrogens (tertiary/aromatic N) is 1. The fourth-order valence-corrected chi connectivity index (χ4v) is 5.53. The molecule has 0 saturated heterocycles. The predicted octanol–water partition coefficient (Wildman–Crippen LogP) is 3.48. The van der Waals surface area contributed by atoms with Crippen LogP contribution in [0.2, 0.25) is 0 Å². The molecule has 0 amide bonds. The van der Waals surface area contributed by atoms with Gasteiger partial charge in [-0.25, -0.2) is 0 Å². The van der Waals surface area contributed by atoms with Crippen LogP contribution in [0, 0.1) is 0 Å². The highest BCUT2D eigenvalue weighted by molar-refractivity contribution is 5.92. The van der Waals surface area contributed by atoms with Gasteiger partial charge in [-0.3, -0.25) is 0 Å². The molecule has 0 N–H and O–H groups in total. The minimum Gasteiger partial charge on any atom is -1.00 e. The third-order valence-electron chi connectivity index (χ3n) is 7.57. The molecule has 4 aromatic carbocycles. The third kappa shape index (κ3) is 4.90. The van der Waals surface area contributed by atoms with Gasteiger partial charge in [0.25, 0.3) is 0 Å². The van der Waals surface area contributed by atoms with Crippen LogP contribution in [0.1, 0.15) is 18.4 Å². The van der Waals surface area contributed by atoms with Gasteiger partial charge in [-0.15, -0.1) is 0 Å². The summed E-state index contributed by atoms with van der Waals surface area (Å²) in [4.78, 5) is 0. The number of hydrogen-bond acceptors (Lipinski definition) is 5. The van der Waals surface area contributed by atoms with E-state index in [0.717, 1.165) is 65.3 Å². The van der Waals surface area contributed by atoms with Crippen molar-refractivity contribution in [3.8, 4) is 40.0 Å². The number of aromatic nitrogens is 1. The predicted molar refractivity (Wildman–Crippen MR) is 150 cm³/mol. The summed E-state index contributed by atoms with van der Waals surface area (Å²) in [5, 5.41) is 4.58. The molecule has 0 atom stereocenters. The van der Waals surface area contributed by atoms with Gasteiger partial charge >= 0.3 is 0 Å². The van der Waals surface area contributed by atoms with Crippen molar-refractivity contribution in [3.05, 3.63) is 84.6 Å². The zero-order chi connectivity index (χ0) is 26.2. The maximum atomic E-state index is 6.34. The second-order valence-electron chi connectivity index (χ2n) is 9.98. The third-order valence-corrected chi connectivity index (χ3v) is 7.57. The Kier molecular flexibility index (Phi) is 7.39. The van der Waals surface area contributed by atoms with Crippen molar-refractivity contribution in [2.24, 2.45) is 0 Å². The summed E-state index contributed by atoms with van der Waals surface area (Å²) in [7, 11) is 1.69. The molecule has 0 aliphatic carbocycles. The van der Waals surface area contributed by atoms with Crippen molar-refractivity contribution in [2.75, 3.05) is 27.1 Å². The Bertz CT molecular complexity index is 1700. The Morgan fingerprint density at radius 1 is 0.800 bits per heavy atom. The standard InChI is InChI=1S/C33H30NO5.BrH/c1-35-30-11-9-24-17-29-27-19-32-31(38-21-39-32)18-25(27)12-13-34(29)20-28(24)33(30)37-15-5-4-14-36-26-10-8-22-6-2-3-7-23(22)16-26;/h2-3,6-11,16-20H,4-5,12-15,21H2,1H3;1H/q+1;/p-1. The molecule has 204 valence electrons. The number of fused-ring (bicyclic) bond motifs is 6. The second kappa shape index (κ2) is 11.3. The van der Waals surface area contributed by atoms with Crippen LogP contribution in [0.4, 0.5) is 0 Å². The van der Waals surface area contributed by atoms with E-state index in [1.54, 1.807) is 7.11 Å². The van der Waals surface area contributed by atoms with Gasteiger partial charge in [-0.05, 0) is 71.0 Å². The highest BCUT2D eigenvalue weighted by Gasteiger charge is 2.28. The Labute approximate surface area is 243 Å². The van der Waals surface area contributed by atoms with E-state index in [2.05, 4.69) is 65.4 Å². The minimum atomic E-state index is 0. The molecular weight excluding hydrogens is 570 g/mol. The normalized spacial score (nSPS) is 12.9. The summed E-state index contributed by atoms with van der Waals surface area (Å²) in [5.74, 6) is 4.08. The molecule has 2 aliphatic rings. The van der Waals surface area contributed by atoms with Crippen molar-refractivity contribution < 1.29 is 45.2 Å². The molecule has 0 radical (unpaired) electrons. The molecule has 0 spiro atoms. The lowest BCUT2D eigenvalue weighted by Gasteiger charge is -2.18. The molecule has 6 nitrogen and oxygen atoms in total. The number of benzene rings is 4. The molecule has 2 aliphatic heterocycles. The summed E-state index contributed by atoms with van der Waals surface area (Å²) in [6.45, 7) is 2.41. The van der Waals surface area contributed by atoms with Crippen LogP contribution in [0.25, 0.3) is 32.8 Å². The van der Waals surface area contributed by atoms with Crippen LogP contribution < -0.4 is 45.2 Å². The Morgan fingerprint density at radius 3 is 2.42 bits per heavy atom. The number of aryl methyl sites for hydroxylation is 2. The molecule has 0 fully saturated rings. The summed E-state index contributed by atoms with van der Waals surface area (Å²) < 4.78 is 31.6. The highest BCUT2D eigenvalue weighted by atomic mass is 79.9. The summed E-state index contributed by atoms with van der Waals surface area (Å²) in [6, 6.07) is 25.1. The second-order valence-corrected chi connectivity index (χ2v) is 9.98. The van der Waals surface area contributed by atoms with Gasteiger partial charge in [0.05, 0.1) is 31.3 Å². The molecule has 0 bridgehead atoms. The van der Waals surface area contributed by atoms with Crippen molar-refractivity contribution in [2.45, 2.75) is 25.8 Å². The van der Waals surface area contributed by atoms with E-state index >= 15 is 0 Å². The van der Waals surface area contributed by atoms with Crippen LogP contribution in [-0.2, 0) is 13.0 Å². The molecular formula is C33H30BrNO5. The first-order chi connectivity index (χ1) is 19.3. The van der Waals surface area contributed by atoms with E-state index < -0.39 is 0 Å².